The van der Waals surface area contributed by atoms with E-state index in [4.69, 9.17) is 0 Å². The van der Waals surface area contributed by atoms with Crippen LogP contribution in [-0.2, 0) is 9.84 Å². The van der Waals surface area contributed by atoms with Crippen LogP contribution in [0.1, 0.15) is 35.4 Å². The van der Waals surface area contributed by atoms with Crippen molar-refractivity contribution in [2.24, 2.45) is 0 Å². The van der Waals surface area contributed by atoms with Crippen molar-refractivity contribution in [2.45, 2.75) is 31.2 Å². The maximum Gasteiger partial charge on any atom is 0.175 e. The third kappa shape index (κ3) is 3.93. The number of hydrogen-bond acceptors (Lipinski definition) is 4. The number of benzene rings is 1. The Morgan fingerprint density at radius 1 is 1.19 bits per heavy atom. The van der Waals surface area contributed by atoms with Crippen LogP contribution in [0, 0.1) is 6.92 Å². The van der Waals surface area contributed by atoms with E-state index in [0.29, 0.717) is 4.90 Å². The van der Waals surface area contributed by atoms with Crippen molar-refractivity contribution in [3.05, 3.63) is 51.7 Å². The summed E-state index contributed by atoms with van der Waals surface area (Å²) in [6.45, 7) is 5.18. The first-order valence-electron chi connectivity index (χ1n) is 7.01. The molecule has 0 aliphatic heterocycles. The Labute approximate surface area is 130 Å². The van der Waals surface area contributed by atoms with Crippen LogP contribution < -0.4 is 5.32 Å². The lowest BCUT2D eigenvalue weighted by atomic mass is 9.99. The van der Waals surface area contributed by atoms with Gasteiger partial charge in [-0.3, -0.25) is 0 Å². The molecule has 5 heteroatoms. The quantitative estimate of drug-likeness (QED) is 0.884. The number of hydrogen-bond donors (Lipinski definition) is 1. The van der Waals surface area contributed by atoms with Crippen LogP contribution in [0.25, 0.3) is 0 Å². The number of sulfone groups is 1. The van der Waals surface area contributed by atoms with E-state index in [2.05, 4.69) is 30.6 Å². The summed E-state index contributed by atoms with van der Waals surface area (Å²) in [5, 5.41) is 5.64. The maximum absolute atomic E-state index is 11.6. The predicted molar refractivity (Wildman–Crippen MR) is 88.7 cm³/mol. The summed E-state index contributed by atoms with van der Waals surface area (Å²) in [7, 11) is -3.14. The van der Waals surface area contributed by atoms with Gasteiger partial charge in [-0.15, -0.1) is 11.3 Å². The Balaban J connectivity index is 2.35. The van der Waals surface area contributed by atoms with E-state index in [9.17, 15) is 8.42 Å². The van der Waals surface area contributed by atoms with Gasteiger partial charge in [0.25, 0.3) is 0 Å². The van der Waals surface area contributed by atoms with Gasteiger partial charge in [0.1, 0.15) is 0 Å². The minimum absolute atomic E-state index is 0.116. The zero-order valence-electron chi connectivity index (χ0n) is 12.6. The first-order chi connectivity index (χ1) is 9.93. The lowest BCUT2D eigenvalue weighted by Crippen LogP contribution is -2.23. The molecule has 0 spiro atoms. The summed E-state index contributed by atoms with van der Waals surface area (Å²) in [4.78, 5) is 1.65. The third-order valence-corrected chi connectivity index (χ3v) is 5.44. The molecule has 1 aromatic carbocycles. The fourth-order valence-electron chi connectivity index (χ4n) is 2.30. The molecule has 114 valence electrons. The van der Waals surface area contributed by atoms with Gasteiger partial charge in [-0.25, -0.2) is 8.42 Å². The van der Waals surface area contributed by atoms with Gasteiger partial charge in [0.2, 0.25) is 0 Å². The van der Waals surface area contributed by atoms with Gasteiger partial charge in [-0.1, -0.05) is 19.1 Å². The van der Waals surface area contributed by atoms with Crippen LogP contribution in [0.2, 0.25) is 0 Å². The minimum Gasteiger partial charge on any atom is -0.306 e. The van der Waals surface area contributed by atoms with Crippen molar-refractivity contribution in [1.29, 1.82) is 0 Å². The van der Waals surface area contributed by atoms with Gasteiger partial charge in [-0.05, 0) is 54.6 Å². The van der Waals surface area contributed by atoms with Gasteiger partial charge < -0.3 is 5.32 Å². The summed E-state index contributed by atoms with van der Waals surface area (Å²) in [5.74, 6) is 0. The van der Waals surface area contributed by atoms with Crippen LogP contribution in [0.4, 0.5) is 0 Å². The van der Waals surface area contributed by atoms with Gasteiger partial charge in [0.15, 0.2) is 9.84 Å². The summed E-state index contributed by atoms with van der Waals surface area (Å²) in [5.41, 5.74) is 2.36. The second-order valence-corrected chi connectivity index (χ2v) is 8.30. The number of rotatable bonds is 6. The first-order valence-corrected chi connectivity index (χ1v) is 9.78. The molecule has 0 amide bonds. The predicted octanol–water partition coefficient (Wildman–Crippen LogP) is 3.55. The SMILES string of the molecule is CCCNC(c1ccc(S(C)(=O)=O)cc1)c1ccsc1C. The zero-order valence-corrected chi connectivity index (χ0v) is 14.2. The summed E-state index contributed by atoms with van der Waals surface area (Å²) < 4.78 is 23.1. The third-order valence-electron chi connectivity index (χ3n) is 3.45. The second kappa shape index (κ2) is 6.73. The Bertz CT molecular complexity index is 687. The lowest BCUT2D eigenvalue weighted by molar-refractivity contribution is 0.595. The molecule has 0 saturated heterocycles. The molecule has 21 heavy (non-hydrogen) atoms. The number of thiophene rings is 1. The molecular weight excluding hydrogens is 302 g/mol. The van der Waals surface area contributed by atoms with Gasteiger partial charge in [0, 0.05) is 11.1 Å². The fourth-order valence-corrected chi connectivity index (χ4v) is 3.67. The van der Waals surface area contributed by atoms with Gasteiger partial charge in [-0.2, -0.15) is 0 Å². The molecule has 0 fully saturated rings. The smallest absolute Gasteiger partial charge is 0.175 e. The standard InChI is InChI=1S/C16H21NO2S2/c1-4-10-17-16(15-9-11-20-12(15)2)13-5-7-14(8-6-13)21(3,18)19/h5-9,11,16-17H,4,10H2,1-3H3. The summed E-state index contributed by atoms with van der Waals surface area (Å²) in [6.07, 6.45) is 2.29. The summed E-state index contributed by atoms with van der Waals surface area (Å²) in [6, 6.07) is 9.43. The highest BCUT2D eigenvalue weighted by molar-refractivity contribution is 7.90. The van der Waals surface area contributed by atoms with E-state index < -0.39 is 9.84 Å². The number of aryl methyl sites for hydroxylation is 1. The molecule has 0 radical (unpaired) electrons. The topological polar surface area (TPSA) is 46.2 Å². The van der Waals surface area contributed by atoms with Crippen molar-refractivity contribution in [1.82, 2.24) is 5.32 Å². The van der Waals surface area contributed by atoms with Gasteiger partial charge in [0.05, 0.1) is 10.9 Å². The molecule has 1 unspecified atom stereocenters. The van der Waals surface area contributed by atoms with Crippen LogP contribution >= 0.6 is 11.3 Å². The van der Waals surface area contributed by atoms with Crippen molar-refractivity contribution < 1.29 is 8.42 Å². The molecule has 1 heterocycles. The Kier molecular flexibility index (Phi) is 5.19. The molecule has 0 aliphatic carbocycles. The molecule has 0 saturated carbocycles. The highest BCUT2D eigenvalue weighted by Gasteiger charge is 2.17. The first kappa shape index (κ1) is 16.2. The molecule has 0 aliphatic rings. The van der Waals surface area contributed by atoms with Crippen molar-refractivity contribution in [3.63, 3.8) is 0 Å². The van der Waals surface area contributed by atoms with Crippen LogP contribution in [0.3, 0.4) is 0 Å². The second-order valence-electron chi connectivity index (χ2n) is 5.16. The molecule has 1 atom stereocenters. The highest BCUT2D eigenvalue weighted by atomic mass is 32.2. The Morgan fingerprint density at radius 3 is 2.33 bits per heavy atom. The van der Waals surface area contributed by atoms with Crippen molar-refractivity contribution >= 4 is 21.2 Å². The Morgan fingerprint density at radius 2 is 1.86 bits per heavy atom. The molecule has 1 aromatic heterocycles. The monoisotopic (exact) mass is 323 g/mol. The van der Waals surface area contributed by atoms with Crippen molar-refractivity contribution in [2.75, 3.05) is 12.8 Å². The number of nitrogens with one attached hydrogen (secondary N) is 1. The van der Waals surface area contributed by atoms with E-state index >= 15 is 0 Å². The Hall–Kier alpha value is -1.17. The van der Waals surface area contributed by atoms with E-state index in [1.807, 2.05) is 12.1 Å². The highest BCUT2D eigenvalue weighted by Crippen LogP contribution is 2.28. The fraction of sp³-hybridized carbons (Fsp3) is 0.375. The van der Waals surface area contributed by atoms with Crippen LogP contribution in [-0.4, -0.2) is 21.2 Å². The summed E-state index contributed by atoms with van der Waals surface area (Å²) >= 11 is 1.73. The minimum atomic E-state index is -3.14. The van der Waals surface area contributed by atoms with E-state index in [1.165, 1.54) is 16.7 Å². The lowest BCUT2D eigenvalue weighted by Gasteiger charge is -2.19. The normalized spacial score (nSPS) is 13.3. The zero-order chi connectivity index (χ0) is 15.5. The molecule has 2 rings (SSSR count). The van der Waals surface area contributed by atoms with Crippen LogP contribution in [0.5, 0.6) is 0 Å². The van der Waals surface area contributed by atoms with Gasteiger partial charge >= 0.3 is 0 Å². The van der Waals surface area contributed by atoms with E-state index in [0.717, 1.165) is 18.5 Å². The average Bonchev–Trinajstić information content (AvgIpc) is 2.85. The molecule has 2 aromatic rings. The van der Waals surface area contributed by atoms with E-state index in [1.54, 1.807) is 23.5 Å². The molecule has 3 nitrogen and oxygen atoms in total. The molecule has 1 N–H and O–H groups in total. The van der Waals surface area contributed by atoms with Crippen LogP contribution in [0.15, 0.2) is 40.6 Å². The van der Waals surface area contributed by atoms with Crippen molar-refractivity contribution in [3.8, 4) is 0 Å². The van der Waals surface area contributed by atoms with E-state index in [-0.39, 0.29) is 6.04 Å². The maximum atomic E-state index is 11.6. The molecular formula is C16H21NO2S2. The molecule has 0 bridgehead atoms. The largest absolute Gasteiger partial charge is 0.306 e. The average molecular weight is 323 g/mol.